The number of nitrogens with zero attached hydrogens (tertiary/aromatic N) is 2. The number of benzene rings is 2. The van der Waals surface area contributed by atoms with Crippen molar-refractivity contribution in [1.29, 1.82) is 0 Å². The summed E-state index contributed by atoms with van der Waals surface area (Å²) in [5, 5.41) is 11.5. The molecule has 2 rings (SSSR count). The van der Waals surface area contributed by atoms with Gasteiger partial charge < -0.3 is 31.1 Å². The summed E-state index contributed by atoms with van der Waals surface area (Å²) in [6, 6.07) is 15.2. The van der Waals surface area contributed by atoms with E-state index in [4.69, 9.17) is 0 Å². The van der Waals surface area contributed by atoms with Crippen LogP contribution in [0.3, 0.4) is 0 Å². The van der Waals surface area contributed by atoms with E-state index in [1.165, 1.54) is 0 Å². The van der Waals surface area contributed by atoms with Crippen molar-refractivity contribution in [3.8, 4) is 0 Å². The molecule has 0 bridgehead atoms. The molecular formula is C25H38N6O2. The van der Waals surface area contributed by atoms with Crippen LogP contribution in [0.15, 0.2) is 48.5 Å². The summed E-state index contributed by atoms with van der Waals surface area (Å²) in [6.45, 7) is 3.13. The highest BCUT2D eigenvalue weighted by atomic mass is 16.2. The summed E-state index contributed by atoms with van der Waals surface area (Å²) in [7, 11) is 8.05. The fraction of sp³-hybridized carbons (Fsp3) is 0.440. The molecule has 0 spiro atoms. The Hall–Kier alpha value is -3.10. The van der Waals surface area contributed by atoms with Gasteiger partial charge in [0.1, 0.15) is 0 Å². The van der Waals surface area contributed by atoms with Gasteiger partial charge in [-0.3, -0.25) is 0 Å². The second kappa shape index (κ2) is 14.1. The fourth-order valence-electron chi connectivity index (χ4n) is 3.30. The Labute approximate surface area is 197 Å². The molecule has 0 saturated heterocycles. The van der Waals surface area contributed by atoms with Crippen molar-refractivity contribution >= 4 is 23.4 Å². The Morgan fingerprint density at radius 1 is 0.697 bits per heavy atom. The van der Waals surface area contributed by atoms with Crippen molar-refractivity contribution in [2.45, 2.75) is 19.3 Å². The molecule has 8 nitrogen and oxygen atoms in total. The van der Waals surface area contributed by atoms with Crippen molar-refractivity contribution in [2.75, 3.05) is 65.0 Å². The number of carbonyl (C=O) groups excluding carboxylic acids is 2. The summed E-state index contributed by atoms with van der Waals surface area (Å²) in [5.74, 6) is 0. The Balaban J connectivity index is 1.84. The lowest BCUT2D eigenvalue weighted by Gasteiger charge is -2.12. The number of hydrogen-bond acceptors (Lipinski definition) is 4. The Kier molecular flexibility index (Phi) is 11.2. The molecule has 0 saturated carbocycles. The number of carbonyl (C=O) groups is 2. The van der Waals surface area contributed by atoms with Gasteiger partial charge in [-0.25, -0.2) is 9.59 Å². The molecule has 180 valence electrons. The first-order chi connectivity index (χ1) is 15.8. The first kappa shape index (κ1) is 26.2. The third-order valence-corrected chi connectivity index (χ3v) is 4.91. The minimum Gasteiger partial charge on any atom is -0.338 e. The molecular weight excluding hydrogens is 416 g/mol. The standard InChI is InChI=1S/C25H38N6O2/c1-30(2)15-7-13-26-24(32)28-22-11-5-9-20(18-22)17-21-10-6-12-23(19-21)29-25(33)27-14-8-16-31(3)4/h5-6,9-12,18-19H,7-8,13-17H2,1-4H3,(H2,26,28,32)(H2,27,29,33). The molecule has 0 heterocycles. The SMILES string of the molecule is CN(C)CCCNC(=O)Nc1cccc(Cc2cccc(NC(=O)NCCCN(C)C)c2)c1. The van der Waals surface area contributed by atoms with E-state index in [0.29, 0.717) is 19.5 Å². The minimum absolute atomic E-state index is 0.200. The summed E-state index contributed by atoms with van der Waals surface area (Å²) < 4.78 is 0. The highest BCUT2D eigenvalue weighted by Gasteiger charge is 2.05. The zero-order valence-corrected chi connectivity index (χ0v) is 20.3. The van der Waals surface area contributed by atoms with Gasteiger partial charge in [-0.2, -0.15) is 0 Å². The fourth-order valence-corrected chi connectivity index (χ4v) is 3.30. The van der Waals surface area contributed by atoms with Crippen LogP contribution >= 0.6 is 0 Å². The van der Waals surface area contributed by atoms with Gasteiger partial charge >= 0.3 is 12.1 Å². The van der Waals surface area contributed by atoms with E-state index in [1.807, 2.05) is 76.7 Å². The van der Waals surface area contributed by atoms with Crippen molar-refractivity contribution in [3.63, 3.8) is 0 Å². The number of amides is 4. The smallest absolute Gasteiger partial charge is 0.319 e. The average molecular weight is 455 g/mol. The molecule has 0 aromatic heterocycles. The molecule has 0 aliphatic heterocycles. The van der Waals surface area contributed by atoms with Crippen LogP contribution in [-0.2, 0) is 6.42 Å². The lowest BCUT2D eigenvalue weighted by atomic mass is 10.0. The van der Waals surface area contributed by atoms with Crippen LogP contribution in [0, 0.1) is 0 Å². The van der Waals surface area contributed by atoms with Crippen LogP contribution in [0.1, 0.15) is 24.0 Å². The highest BCUT2D eigenvalue weighted by molar-refractivity contribution is 5.89. The van der Waals surface area contributed by atoms with E-state index < -0.39 is 0 Å². The molecule has 4 N–H and O–H groups in total. The summed E-state index contributed by atoms with van der Waals surface area (Å²) in [4.78, 5) is 28.4. The Morgan fingerprint density at radius 3 is 1.52 bits per heavy atom. The van der Waals surface area contributed by atoms with Crippen molar-refractivity contribution < 1.29 is 9.59 Å². The van der Waals surface area contributed by atoms with Gasteiger partial charge in [0.15, 0.2) is 0 Å². The van der Waals surface area contributed by atoms with E-state index >= 15 is 0 Å². The third-order valence-electron chi connectivity index (χ3n) is 4.91. The van der Waals surface area contributed by atoms with E-state index in [2.05, 4.69) is 31.1 Å². The molecule has 0 unspecified atom stereocenters. The quantitative estimate of drug-likeness (QED) is 0.370. The van der Waals surface area contributed by atoms with Crippen LogP contribution in [0.4, 0.5) is 21.0 Å². The van der Waals surface area contributed by atoms with E-state index in [9.17, 15) is 9.59 Å². The minimum atomic E-state index is -0.200. The van der Waals surface area contributed by atoms with Gasteiger partial charge in [-0.15, -0.1) is 0 Å². The van der Waals surface area contributed by atoms with Gasteiger partial charge in [-0.05, 0) is 95.9 Å². The number of anilines is 2. The van der Waals surface area contributed by atoms with Gasteiger partial charge in [0.2, 0.25) is 0 Å². The lowest BCUT2D eigenvalue weighted by molar-refractivity contribution is 0.250. The molecule has 2 aromatic rings. The van der Waals surface area contributed by atoms with Crippen LogP contribution in [0.2, 0.25) is 0 Å². The molecule has 4 amide bonds. The van der Waals surface area contributed by atoms with E-state index in [-0.39, 0.29) is 12.1 Å². The predicted octanol–water partition coefficient (Wildman–Crippen LogP) is 3.42. The Morgan fingerprint density at radius 2 is 1.12 bits per heavy atom. The second-order valence-electron chi connectivity index (χ2n) is 8.65. The molecule has 2 aromatic carbocycles. The van der Waals surface area contributed by atoms with Crippen LogP contribution < -0.4 is 21.3 Å². The van der Waals surface area contributed by atoms with E-state index in [1.54, 1.807) is 0 Å². The van der Waals surface area contributed by atoms with Crippen LogP contribution in [-0.4, -0.2) is 76.2 Å². The zero-order valence-electron chi connectivity index (χ0n) is 20.3. The number of nitrogens with one attached hydrogen (secondary N) is 4. The number of rotatable bonds is 12. The molecule has 0 fully saturated rings. The van der Waals surface area contributed by atoms with Crippen LogP contribution in [0.5, 0.6) is 0 Å². The van der Waals surface area contributed by atoms with Gasteiger partial charge in [0.05, 0.1) is 0 Å². The zero-order chi connectivity index (χ0) is 24.1. The van der Waals surface area contributed by atoms with Gasteiger partial charge in [-0.1, -0.05) is 24.3 Å². The normalized spacial score (nSPS) is 10.8. The number of urea groups is 2. The summed E-state index contributed by atoms with van der Waals surface area (Å²) >= 11 is 0. The van der Waals surface area contributed by atoms with Crippen molar-refractivity contribution in [1.82, 2.24) is 20.4 Å². The Bertz CT molecular complexity index is 813. The molecule has 33 heavy (non-hydrogen) atoms. The average Bonchev–Trinajstić information content (AvgIpc) is 2.74. The monoisotopic (exact) mass is 454 g/mol. The molecule has 0 aliphatic rings. The first-order valence-corrected chi connectivity index (χ1v) is 11.4. The third kappa shape index (κ3) is 11.4. The topological polar surface area (TPSA) is 88.7 Å². The molecule has 8 heteroatoms. The molecule has 0 atom stereocenters. The maximum absolute atomic E-state index is 12.1. The van der Waals surface area contributed by atoms with E-state index in [0.717, 1.165) is 48.4 Å². The predicted molar refractivity (Wildman–Crippen MR) is 136 cm³/mol. The first-order valence-electron chi connectivity index (χ1n) is 11.4. The largest absolute Gasteiger partial charge is 0.338 e. The molecule has 0 aliphatic carbocycles. The summed E-state index contributed by atoms with van der Waals surface area (Å²) in [6.07, 6.45) is 2.50. The highest BCUT2D eigenvalue weighted by Crippen LogP contribution is 2.17. The van der Waals surface area contributed by atoms with Gasteiger partial charge in [0.25, 0.3) is 0 Å². The van der Waals surface area contributed by atoms with Crippen molar-refractivity contribution in [3.05, 3.63) is 59.7 Å². The number of hydrogen-bond donors (Lipinski definition) is 4. The van der Waals surface area contributed by atoms with Gasteiger partial charge in [0, 0.05) is 24.5 Å². The van der Waals surface area contributed by atoms with Crippen molar-refractivity contribution in [2.24, 2.45) is 0 Å². The van der Waals surface area contributed by atoms with Crippen LogP contribution in [0.25, 0.3) is 0 Å². The maximum Gasteiger partial charge on any atom is 0.319 e. The lowest BCUT2D eigenvalue weighted by Crippen LogP contribution is -2.31. The second-order valence-corrected chi connectivity index (χ2v) is 8.65. The summed E-state index contributed by atoms with van der Waals surface area (Å²) in [5.41, 5.74) is 3.66. The molecule has 0 radical (unpaired) electrons. The maximum atomic E-state index is 12.1.